The SMILES string of the molecule is CCN(C)Cc1cccc(CNC(=NC)NCCc2c[nH]c3cc(F)ccc23)c1.I. The van der Waals surface area contributed by atoms with Crippen LogP contribution in [-0.2, 0) is 19.5 Å². The number of H-pyrrole nitrogens is 1. The Balaban J connectivity index is 0.00000320. The molecule has 162 valence electrons. The number of aromatic amines is 1. The zero-order valence-electron chi connectivity index (χ0n) is 17.8. The Morgan fingerprint density at radius 2 is 1.93 bits per heavy atom. The standard InChI is InChI=1S/C23H30FN5.HI/c1-4-29(3)16-18-7-5-6-17(12-18)14-28-23(25-2)26-11-10-19-15-27-22-13-20(24)8-9-21(19)22;/h5-9,12-13,15,27H,4,10-11,14,16H2,1-3H3,(H2,25,26,28);1H. The highest BCUT2D eigenvalue weighted by molar-refractivity contribution is 14.0. The van der Waals surface area contributed by atoms with E-state index in [1.165, 1.54) is 23.3 Å². The van der Waals surface area contributed by atoms with Gasteiger partial charge in [0.25, 0.3) is 0 Å². The number of guanidine groups is 1. The molecule has 1 aromatic heterocycles. The summed E-state index contributed by atoms with van der Waals surface area (Å²) in [6.45, 7) is 5.60. The third kappa shape index (κ3) is 6.70. The van der Waals surface area contributed by atoms with Gasteiger partial charge in [-0.05, 0) is 54.9 Å². The number of fused-ring (bicyclic) bond motifs is 1. The van der Waals surface area contributed by atoms with Crippen LogP contribution in [0.5, 0.6) is 0 Å². The van der Waals surface area contributed by atoms with Crippen molar-refractivity contribution in [2.75, 3.05) is 27.2 Å². The fourth-order valence-corrected chi connectivity index (χ4v) is 3.35. The number of rotatable bonds is 8. The lowest BCUT2D eigenvalue weighted by Crippen LogP contribution is -2.37. The molecule has 0 saturated carbocycles. The highest BCUT2D eigenvalue weighted by Gasteiger charge is 2.06. The Morgan fingerprint density at radius 3 is 2.70 bits per heavy atom. The van der Waals surface area contributed by atoms with Crippen LogP contribution in [0.2, 0.25) is 0 Å². The van der Waals surface area contributed by atoms with Crippen molar-refractivity contribution in [1.29, 1.82) is 0 Å². The van der Waals surface area contributed by atoms with Gasteiger partial charge in [0.15, 0.2) is 5.96 Å². The second kappa shape index (κ2) is 11.9. The summed E-state index contributed by atoms with van der Waals surface area (Å²) in [5, 5.41) is 7.79. The maximum absolute atomic E-state index is 13.3. The predicted octanol–water partition coefficient (Wildman–Crippen LogP) is 4.28. The number of aromatic nitrogens is 1. The lowest BCUT2D eigenvalue weighted by molar-refractivity contribution is 0.345. The summed E-state index contributed by atoms with van der Waals surface area (Å²) in [7, 11) is 3.90. The first-order valence-electron chi connectivity index (χ1n) is 10.1. The highest BCUT2D eigenvalue weighted by Crippen LogP contribution is 2.19. The first-order chi connectivity index (χ1) is 14.1. The summed E-state index contributed by atoms with van der Waals surface area (Å²) < 4.78 is 13.3. The first-order valence-corrected chi connectivity index (χ1v) is 10.1. The minimum Gasteiger partial charge on any atom is -0.361 e. The molecule has 1 heterocycles. The molecule has 3 aromatic rings. The monoisotopic (exact) mass is 523 g/mol. The Bertz CT molecular complexity index is 969. The van der Waals surface area contributed by atoms with E-state index >= 15 is 0 Å². The molecule has 3 rings (SSSR count). The van der Waals surface area contributed by atoms with E-state index in [2.05, 4.69) is 63.7 Å². The van der Waals surface area contributed by atoms with Crippen LogP contribution in [-0.4, -0.2) is 43.0 Å². The third-order valence-electron chi connectivity index (χ3n) is 5.08. The zero-order chi connectivity index (χ0) is 20.6. The number of nitrogens with one attached hydrogen (secondary N) is 3. The first kappa shape index (κ1) is 24.1. The van der Waals surface area contributed by atoms with Crippen LogP contribution >= 0.6 is 24.0 Å². The van der Waals surface area contributed by atoms with Crippen LogP contribution in [0.3, 0.4) is 0 Å². The fourth-order valence-electron chi connectivity index (χ4n) is 3.35. The average Bonchev–Trinajstić information content (AvgIpc) is 3.12. The maximum atomic E-state index is 13.3. The molecule has 0 aliphatic heterocycles. The van der Waals surface area contributed by atoms with Gasteiger partial charge in [0.1, 0.15) is 5.82 Å². The second-order valence-corrected chi connectivity index (χ2v) is 7.26. The summed E-state index contributed by atoms with van der Waals surface area (Å²) in [5.41, 5.74) is 4.53. The van der Waals surface area contributed by atoms with Gasteiger partial charge in [0.05, 0.1) is 0 Å². The quantitative estimate of drug-likeness (QED) is 0.235. The molecule has 0 radical (unpaired) electrons. The molecule has 0 aliphatic rings. The van der Waals surface area contributed by atoms with Crippen molar-refractivity contribution in [2.45, 2.75) is 26.4 Å². The third-order valence-corrected chi connectivity index (χ3v) is 5.08. The Labute approximate surface area is 195 Å². The van der Waals surface area contributed by atoms with E-state index in [0.29, 0.717) is 0 Å². The van der Waals surface area contributed by atoms with E-state index in [1.807, 2.05) is 12.3 Å². The van der Waals surface area contributed by atoms with Crippen molar-refractivity contribution in [2.24, 2.45) is 4.99 Å². The van der Waals surface area contributed by atoms with Crippen molar-refractivity contribution >= 4 is 40.8 Å². The molecule has 30 heavy (non-hydrogen) atoms. The maximum Gasteiger partial charge on any atom is 0.191 e. The average molecular weight is 523 g/mol. The lowest BCUT2D eigenvalue weighted by atomic mass is 10.1. The van der Waals surface area contributed by atoms with Gasteiger partial charge in [0, 0.05) is 43.8 Å². The molecule has 0 unspecified atom stereocenters. The number of hydrogen-bond acceptors (Lipinski definition) is 2. The van der Waals surface area contributed by atoms with Crippen molar-refractivity contribution in [1.82, 2.24) is 20.5 Å². The summed E-state index contributed by atoms with van der Waals surface area (Å²) in [4.78, 5) is 9.73. The minimum atomic E-state index is -0.223. The van der Waals surface area contributed by atoms with Crippen LogP contribution in [0.15, 0.2) is 53.7 Å². The van der Waals surface area contributed by atoms with Gasteiger partial charge in [0.2, 0.25) is 0 Å². The molecule has 0 atom stereocenters. The number of nitrogens with zero attached hydrogens (tertiary/aromatic N) is 2. The van der Waals surface area contributed by atoms with E-state index in [1.54, 1.807) is 7.05 Å². The molecule has 3 N–H and O–H groups in total. The van der Waals surface area contributed by atoms with Gasteiger partial charge in [-0.2, -0.15) is 0 Å². The second-order valence-electron chi connectivity index (χ2n) is 7.26. The number of halogens is 2. The fraction of sp³-hybridized carbons (Fsp3) is 0.348. The smallest absolute Gasteiger partial charge is 0.191 e. The van der Waals surface area contributed by atoms with Crippen molar-refractivity contribution in [3.05, 3.63) is 71.2 Å². The van der Waals surface area contributed by atoms with Crippen LogP contribution in [0.25, 0.3) is 10.9 Å². The molecule has 0 aliphatic carbocycles. The van der Waals surface area contributed by atoms with E-state index in [4.69, 9.17) is 0 Å². The normalized spacial score (nSPS) is 11.6. The van der Waals surface area contributed by atoms with Crippen molar-refractivity contribution in [3.63, 3.8) is 0 Å². The molecule has 0 saturated heterocycles. The van der Waals surface area contributed by atoms with Crippen molar-refractivity contribution in [3.8, 4) is 0 Å². The van der Waals surface area contributed by atoms with E-state index in [9.17, 15) is 4.39 Å². The summed E-state index contributed by atoms with van der Waals surface area (Å²) in [6.07, 6.45) is 2.77. The predicted molar refractivity (Wildman–Crippen MR) is 134 cm³/mol. The van der Waals surface area contributed by atoms with Crippen LogP contribution in [0, 0.1) is 5.82 Å². The van der Waals surface area contributed by atoms with Gasteiger partial charge in [-0.25, -0.2) is 4.39 Å². The largest absolute Gasteiger partial charge is 0.361 e. The molecule has 2 aromatic carbocycles. The summed E-state index contributed by atoms with van der Waals surface area (Å²) >= 11 is 0. The van der Waals surface area contributed by atoms with Gasteiger partial charge in [-0.3, -0.25) is 4.99 Å². The minimum absolute atomic E-state index is 0. The van der Waals surface area contributed by atoms with Gasteiger partial charge >= 0.3 is 0 Å². The molecule has 0 amide bonds. The lowest BCUT2D eigenvalue weighted by Gasteiger charge is -2.15. The highest BCUT2D eigenvalue weighted by atomic mass is 127. The molecular formula is C23H31FIN5. The molecule has 7 heteroatoms. The molecule has 0 bridgehead atoms. The molecule has 0 spiro atoms. The summed E-state index contributed by atoms with van der Waals surface area (Å²) in [6, 6.07) is 13.5. The van der Waals surface area contributed by atoms with Crippen molar-refractivity contribution < 1.29 is 4.39 Å². The van der Waals surface area contributed by atoms with E-state index in [0.717, 1.165) is 55.0 Å². The van der Waals surface area contributed by atoms with Crippen LogP contribution < -0.4 is 10.6 Å². The Hall–Kier alpha value is -2.13. The Kier molecular flexibility index (Phi) is 9.58. The van der Waals surface area contributed by atoms with Gasteiger partial charge in [-0.15, -0.1) is 24.0 Å². The van der Waals surface area contributed by atoms with Gasteiger partial charge < -0.3 is 20.5 Å². The van der Waals surface area contributed by atoms with Crippen LogP contribution in [0.1, 0.15) is 23.6 Å². The van der Waals surface area contributed by atoms with Crippen LogP contribution in [0.4, 0.5) is 4.39 Å². The molecule has 0 fully saturated rings. The van der Waals surface area contributed by atoms with Gasteiger partial charge in [-0.1, -0.05) is 31.2 Å². The Morgan fingerprint density at radius 1 is 1.13 bits per heavy atom. The number of benzene rings is 2. The molecular weight excluding hydrogens is 492 g/mol. The topological polar surface area (TPSA) is 55.4 Å². The van der Waals surface area contributed by atoms with E-state index < -0.39 is 0 Å². The molecule has 5 nitrogen and oxygen atoms in total. The van der Waals surface area contributed by atoms with E-state index in [-0.39, 0.29) is 29.8 Å². The summed E-state index contributed by atoms with van der Waals surface area (Å²) in [5.74, 6) is 0.547. The number of hydrogen-bond donors (Lipinski definition) is 3. The number of aliphatic imine (C=N–C) groups is 1. The zero-order valence-corrected chi connectivity index (χ0v) is 20.2.